The van der Waals surface area contributed by atoms with Crippen LogP contribution in [0.5, 0.6) is 0 Å². The molecule has 0 aliphatic carbocycles. The molecule has 0 saturated heterocycles. The molecule has 1 aromatic carbocycles. The fourth-order valence-electron chi connectivity index (χ4n) is 2.36. The van der Waals surface area contributed by atoms with E-state index in [1.807, 2.05) is 12.1 Å². The van der Waals surface area contributed by atoms with Gasteiger partial charge >= 0.3 is 5.97 Å². The summed E-state index contributed by atoms with van der Waals surface area (Å²) in [5, 5.41) is 10.1. The molecule has 0 unspecified atom stereocenters. The van der Waals surface area contributed by atoms with Crippen molar-refractivity contribution in [2.75, 3.05) is 0 Å². The van der Waals surface area contributed by atoms with Crippen LogP contribution in [0.3, 0.4) is 0 Å². The molecule has 0 spiro atoms. The van der Waals surface area contributed by atoms with E-state index in [9.17, 15) is 4.79 Å². The van der Waals surface area contributed by atoms with E-state index in [0.717, 1.165) is 16.9 Å². The summed E-state index contributed by atoms with van der Waals surface area (Å²) < 4.78 is 2.18. The van der Waals surface area contributed by atoms with Crippen molar-refractivity contribution in [1.82, 2.24) is 9.55 Å². The first kappa shape index (κ1) is 12.4. The third kappa shape index (κ3) is 2.16. The quantitative estimate of drug-likeness (QED) is 0.792. The summed E-state index contributed by atoms with van der Waals surface area (Å²) >= 11 is 0. The van der Waals surface area contributed by atoms with Crippen molar-refractivity contribution in [3.05, 3.63) is 65.6 Å². The van der Waals surface area contributed by atoms with Gasteiger partial charge in [0.2, 0.25) is 0 Å². The zero-order valence-electron chi connectivity index (χ0n) is 11.1. The number of para-hydroxylation sites is 1. The Bertz CT molecular complexity index is 773. The van der Waals surface area contributed by atoms with Gasteiger partial charge in [-0.05, 0) is 36.6 Å². The normalized spacial score (nSPS) is 10.8. The van der Waals surface area contributed by atoms with E-state index in [1.165, 1.54) is 11.6 Å². The van der Waals surface area contributed by atoms with Gasteiger partial charge < -0.3 is 9.67 Å². The second-order valence-corrected chi connectivity index (χ2v) is 4.77. The number of pyridine rings is 1. The molecule has 20 heavy (non-hydrogen) atoms. The lowest BCUT2D eigenvalue weighted by atomic mass is 10.2. The molecule has 0 aliphatic rings. The average Bonchev–Trinajstić information content (AvgIpc) is 2.76. The predicted molar refractivity (Wildman–Crippen MR) is 77.0 cm³/mol. The summed E-state index contributed by atoms with van der Waals surface area (Å²) in [7, 11) is 0. The van der Waals surface area contributed by atoms with Gasteiger partial charge in [0.25, 0.3) is 0 Å². The Kier molecular flexibility index (Phi) is 2.99. The number of aryl methyl sites for hydroxylation is 1. The van der Waals surface area contributed by atoms with Crippen LogP contribution in [0.4, 0.5) is 0 Å². The van der Waals surface area contributed by atoms with E-state index in [4.69, 9.17) is 5.11 Å². The fourth-order valence-corrected chi connectivity index (χ4v) is 2.36. The van der Waals surface area contributed by atoms with Crippen LogP contribution in [0.2, 0.25) is 0 Å². The minimum atomic E-state index is -0.952. The van der Waals surface area contributed by atoms with Crippen molar-refractivity contribution >= 4 is 16.9 Å². The molecule has 3 aromatic rings. The van der Waals surface area contributed by atoms with Gasteiger partial charge in [-0.25, -0.2) is 4.79 Å². The van der Waals surface area contributed by atoms with Crippen molar-refractivity contribution in [3.8, 4) is 0 Å². The van der Waals surface area contributed by atoms with Crippen LogP contribution in [0.1, 0.15) is 21.7 Å². The summed E-state index contributed by atoms with van der Waals surface area (Å²) in [5.41, 5.74) is 3.38. The summed E-state index contributed by atoms with van der Waals surface area (Å²) in [4.78, 5) is 15.0. The van der Waals surface area contributed by atoms with Crippen LogP contribution < -0.4 is 0 Å². The molecule has 0 saturated carbocycles. The predicted octanol–water partition coefficient (Wildman–Crippen LogP) is 3.09. The zero-order valence-corrected chi connectivity index (χ0v) is 11.1. The van der Waals surface area contributed by atoms with Gasteiger partial charge in [0, 0.05) is 17.4 Å². The molecule has 3 rings (SSSR count). The highest BCUT2D eigenvalue weighted by molar-refractivity contribution is 5.87. The molecule has 0 amide bonds. The van der Waals surface area contributed by atoms with E-state index in [-0.39, 0.29) is 5.56 Å². The Morgan fingerprint density at radius 3 is 2.75 bits per heavy atom. The van der Waals surface area contributed by atoms with Gasteiger partial charge in [0.05, 0.1) is 17.8 Å². The molecular formula is C16H14N2O2. The second kappa shape index (κ2) is 4.81. The molecule has 4 nitrogen and oxygen atoms in total. The number of carboxylic acid groups (broad SMARTS) is 1. The van der Waals surface area contributed by atoms with Gasteiger partial charge in [-0.1, -0.05) is 18.2 Å². The van der Waals surface area contributed by atoms with E-state index in [0.29, 0.717) is 6.54 Å². The summed E-state index contributed by atoms with van der Waals surface area (Å²) in [6.07, 6.45) is 1.40. The number of aromatic carboxylic acids is 1. The minimum Gasteiger partial charge on any atom is -0.478 e. The zero-order chi connectivity index (χ0) is 14.1. The third-order valence-electron chi connectivity index (χ3n) is 3.41. The SMILES string of the molecule is Cc1cc2ccccc2n1Cc1ccc(C(=O)O)cn1. The van der Waals surface area contributed by atoms with Gasteiger partial charge in [-0.15, -0.1) is 0 Å². The topological polar surface area (TPSA) is 55.1 Å². The lowest BCUT2D eigenvalue weighted by Crippen LogP contribution is -2.05. The van der Waals surface area contributed by atoms with Crippen LogP contribution >= 0.6 is 0 Å². The molecular weight excluding hydrogens is 252 g/mol. The molecule has 0 bridgehead atoms. The maximum Gasteiger partial charge on any atom is 0.337 e. The Morgan fingerprint density at radius 1 is 1.25 bits per heavy atom. The van der Waals surface area contributed by atoms with Gasteiger partial charge in [0.15, 0.2) is 0 Å². The van der Waals surface area contributed by atoms with Gasteiger partial charge in [-0.3, -0.25) is 4.98 Å². The number of fused-ring (bicyclic) bond motifs is 1. The van der Waals surface area contributed by atoms with E-state index in [1.54, 1.807) is 12.1 Å². The van der Waals surface area contributed by atoms with E-state index in [2.05, 4.69) is 34.7 Å². The monoisotopic (exact) mass is 266 g/mol. The Balaban J connectivity index is 1.96. The number of aromatic nitrogens is 2. The molecule has 0 fully saturated rings. The maximum absolute atomic E-state index is 10.8. The molecule has 0 radical (unpaired) electrons. The van der Waals surface area contributed by atoms with Crippen LogP contribution in [-0.4, -0.2) is 20.6 Å². The van der Waals surface area contributed by atoms with Crippen LogP contribution in [-0.2, 0) is 6.54 Å². The minimum absolute atomic E-state index is 0.211. The average molecular weight is 266 g/mol. The summed E-state index contributed by atoms with van der Waals surface area (Å²) in [6.45, 7) is 2.70. The van der Waals surface area contributed by atoms with Crippen LogP contribution in [0.15, 0.2) is 48.7 Å². The molecule has 1 N–H and O–H groups in total. The number of carbonyl (C=O) groups is 1. The highest BCUT2D eigenvalue weighted by Crippen LogP contribution is 2.20. The standard InChI is InChI=1S/C16H14N2O2/c1-11-8-12-4-2-3-5-15(12)18(11)10-14-7-6-13(9-17-14)16(19)20/h2-9H,10H2,1H3,(H,19,20). The number of carboxylic acids is 1. The Labute approximate surface area is 116 Å². The first-order chi connectivity index (χ1) is 9.65. The van der Waals surface area contributed by atoms with Crippen molar-refractivity contribution < 1.29 is 9.90 Å². The van der Waals surface area contributed by atoms with Gasteiger partial charge in [0.1, 0.15) is 0 Å². The smallest absolute Gasteiger partial charge is 0.337 e. The number of hydrogen-bond acceptors (Lipinski definition) is 2. The molecule has 2 aromatic heterocycles. The fraction of sp³-hybridized carbons (Fsp3) is 0.125. The van der Waals surface area contributed by atoms with Crippen LogP contribution in [0, 0.1) is 6.92 Å². The number of benzene rings is 1. The Hall–Kier alpha value is -2.62. The molecule has 0 atom stereocenters. The van der Waals surface area contributed by atoms with Crippen molar-refractivity contribution in [2.24, 2.45) is 0 Å². The van der Waals surface area contributed by atoms with E-state index >= 15 is 0 Å². The highest BCUT2D eigenvalue weighted by Gasteiger charge is 2.07. The van der Waals surface area contributed by atoms with Crippen LogP contribution in [0.25, 0.3) is 10.9 Å². The number of nitrogens with zero attached hydrogens (tertiary/aromatic N) is 2. The molecule has 2 heterocycles. The Morgan fingerprint density at radius 2 is 2.05 bits per heavy atom. The maximum atomic E-state index is 10.8. The first-order valence-corrected chi connectivity index (χ1v) is 6.38. The lowest BCUT2D eigenvalue weighted by molar-refractivity contribution is 0.0696. The highest BCUT2D eigenvalue weighted by atomic mass is 16.4. The third-order valence-corrected chi connectivity index (χ3v) is 3.41. The summed E-state index contributed by atoms with van der Waals surface area (Å²) in [5.74, 6) is -0.952. The lowest BCUT2D eigenvalue weighted by Gasteiger charge is -2.08. The van der Waals surface area contributed by atoms with Crippen molar-refractivity contribution in [3.63, 3.8) is 0 Å². The molecule has 0 aliphatic heterocycles. The van der Waals surface area contributed by atoms with E-state index < -0.39 is 5.97 Å². The summed E-state index contributed by atoms with van der Waals surface area (Å²) in [6, 6.07) is 13.7. The number of hydrogen-bond donors (Lipinski definition) is 1. The van der Waals surface area contributed by atoms with Crippen molar-refractivity contribution in [2.45, 2.75) is 13.5 Å². The molecule has 4 heteroatoms. The first-order valence-electron chi connectivity index (χ1n) is 6.38. The second-order valence-electron chi connectivity index (χ2n) is 4.77. The van der Waals surface area contributed by atoms with Gasteiger partial charge in [-0.2, -0.15) is 0 Å². The van der Waals surface area contributed by atoms with Crippen molar-refractivity contribution in [1.29, 1.82) is 0 Å². The number of rotatable bonds is 3. The molecule has 100 valence electrons. The largest absolute Gasteiger partial charge is 0.478 e.